The van der Waals surface area contributed by atoms with Gasteiger partial charge in [-0.05, 0) is 12.1 Å². The van der Waals surface area contributed by atoms with Gasteiger partial charge in [-0.15, -0.1) is 10.2 Å². The fourth-order valence-electron chi connectivity index (χ4n) is 3.97. The minimum Gasteiger partial charge on any atom is -0.345 e. The monoisotopic (exact) mass is 504 g/mol. The van der Waals surface area contributed by atoms with Crippen molar-refractivity contribution in [1.29, 1.82) is 0 Å². The van der Waals surface area contributed by atoms with Gasteiger partial charge in [0.25, 0.3) is 0 Å². The predicted molar refractivity (Wildman–Crippen MR) is 115 cm³/mol. The average Bonchev–Trinajstić information content (AvgIpc) is 3.45. The van der Waals surface area contributed by atoms with E-state index in [1.165, 1.54) is 28.6 Å². The molecule has 0 spiro atoms. The standard InChI is InChI=1S/C22H17F5N8O/c1-12(36)17-8-16(32-35(17)10-13-4-2-3-5-14(13)23)19-28-9-15(24)20(29-19)33-6-7-34-18(11-33)30-31-21(34)22(25,26)27/h2-5,8-9H,6-7,10-11H2,1H3. The molecule has 0 atom stereocenters. The van der Waals surface area contributed by atoms with Crippen LogP contribution in [0.1, 0.15) is 34.6 Å². The Morgan fingerprint density at radius 1 is 1.08 bits per heavy atom. The van der Waals surface area contributed by atoms with Crippen LogP contribution in [0.25, 0.3) is 11.5 Å². The molecule has 0 N–H and O–H groups in total. The molecule has 0 fully saturated rings. The maximum absolute atomic E-state index is 14.7. The van der Waals surface area contributed by atoms with Gasteiger partial charge in [0.1, 0.15) is 17.2 Å². The number of alkyl halides is 3. The van der Waals surface area contributed by atoms with Crippen LogP contribution in [0.3, 0.4) is 0 Å². The third-order valence-corrected chi connectivity index (χ3v) is 5.68. The van der Waals surface area contributed by atoms with Crippen molar-refractivity contribution < 1.29 is 26.7 Å². The average molecular weight is 504 g/mol. The molecule has 1 aliphatic heterocycles. The summed E-state index contributed by atoms with van der Waals surface area (Å²) in [7, 11) is 0. The van der Waals surface area contributed by atoms with Crippen molar-refractivity contribution in [2.45, 2.75) is 32.7 Å². The molecule has 0 bridgehead atoms. The summed E-state index contributed by atoms with van der Waals surface area (Å²) in [6.07, 6.45) is -3.74. The van der Waals surface area contributed by atoms with Gasteiger partial charge in [-0.1, -0.05) is 18.2 Å². The first-order chi connectivity index (χ1) is 17.1. The molecule has 3 aromatic heterocycles. The first-order valence-corrected chi connectivity index (χ1v) is 10.7. The summed E-state index contributed by atoms with van der Waals surface area (Å²) in [4.78, 5) is 21.8. The second-order valence-electron chi connectivity index (χ2n) is 8.10. The van der Waals surface area contributed by atoms with Crippen LogP contribution in [0, 0.1) is 11.6 Å². The highest BCUT2D eigenvalue weighted by Crippen LogP contribution is 2.31. The predicted octanol–water partition coefficient (Wildman–Crippen LogP) is 3.50. The van der Waals surface area contributed by atoms with Crippen LogP contribution in [0.5, 0.6) is 0 Å². The Bertz CT molecular complexity index is 1460. The van der Waals surface area contributed by atoms with Crippen LogP contribution in [0.2, 0.25) is 0 Å². The smallest absolute Gasteiger partial charge is 0.345 e. The number of anilines is 1. The maximum atomic E-state index is 14.7. The second-order valence-corrected chi connectivity index (χ2v) is 8.10. The molecule has 14 heteroatoms. The quantitative estimate of drug-likeness (QED) is 0.303. The summed E-state index contributed by atoms with van der Waals surface area (Å²) in [5.74, 6) is -2.85. The summed E-state index contributed by atoms with van der Waals surface area (Å²) < 4.78 is 70.4. The molecule has 4 aromatic rings. The lowest BCUT2D eigenvalue weighted by molar-refractivity contribution is -0.147. The third kappa shape index (κ3) is 4.29. The van der Waals surface area contributed by atoms with Crippen molar-refractivity contribution in [2.75, 3.05) is 11.4 Å². The number of carbonyl (C=O) groups is 1. The van der Waals surface area contributed by atoms with Crippen LogP contribution in [-0.4, -0.2) is 46.8 Å². The molecular weight excluding hydrogens is 487 g/mol. The fraction of sp³-hybridized carbons (Fsp3) is 0.273. The molecule has 0 unspecified atom stereocenters. The molecular formula is C22H17F5N8O. The molecule has 186 valence electrons. The fourth-order valence-corrected chi connectivity index (χ4v) is 3.97. The van der Waals surface area contributed by atoms with Crippen molar-refractivity contribution in [1.82, 2.24) is 34.5 Å². The van der Waals surface area contributed by atoms with Crippen LogP contribution in [0.15, 0.2) is 36.5 Å². The normalized spacial score (nSPS) is 13.7. The molecule has 0 aliphatic carbocycles. The number of carbonyl (C=O) groups excluding carboxylic acids is 1. The van der Waals surface area contributed by atoms with Crippen LogP contribution in [0.4, 0.5) is 27.8 Å². The van der Waals surface area contributed by atoms with E-state index in [4.69, 9.17) is 0 Å². The number of ketones is 1. The van der Waals surface area contributed by atoms with E-state index in [1.54, 1.807) is 18.2 Å². The van der Waals surface area contributed by atoms with Gasteiger partial charge in [0.15, 0.2) is 29.1 Å². The Kier molecular flexibility index (Phi) is 5.73. The highest BCUT2D eigenvalue weighted by molar-refractivity contribution is 5.93. The highest BCUT2D eigenvalue weighted by Gasteiger charge is 2.39. The number of Topliss-reactive ketones (excluding diaryl/α,β-unsaturated/α-hetero) is 1. The molecule has 36 heavy (non-hydrogen) atoms. The van der Waals surface area contributed by atoms with E-state index in [0.29, 0.717) is 5.56 Å². The van der Waals surface area contributed by atoms with Crippen LogP contribution < -0.4 is 4.90 Å². The minimum atomic E-state index is -4.66. The lowest BCUT2D eigenvalue weighted by Gasteiger charge is -2.29. The molecule has 0 saturated heterocycles. The summed E-state index contributed by atoms with van der Waals surface area (Å²) in [5.41, 5.74) is 0.636. The van der Waals surface area contributed by atoms with Crippen LogP contribution >= 0.6 is 0 Å². The number of benzene rings is 1. The van der Waals surface area contributed by atoms with Crippen molar-refractivity contribution in [3.05, 3.63) is 71.1 Å². The Balaban J connectivity index is 1.46. The zero-order valence-corrected chi connectivity index (χ0v) is 18.7. The molecule has 9 nitrogen and oxygen atoms in total. The number of aromatic nitrogens is 7. The third-order valence-electron chi connectivity index (χ3n) is 5.68. The molecule has 1 aromatic carbocycles. The van der Waals surface area contributed by atoms with E-state index >= 15 is 0 Å². The van der Waals surface area contributed by atoms with Crippen molar-refractivity contribution >= 4 is 11.6 Å². The molecule has 0 amide bonds. The van der Waals surface area contributed by atoms with Crippen molar-refractivity contribution in [2.24, 2.45) is 0 Å². The number of halogens is 5. The maximum Gasteiger partial charge on any atom is 0.451 e. The lowest BCUT2D eigenvalue weighted by atomic mass is 10.2. The van der Waals surface area contributed by atoms with E-state index in [2.05, 4.69) is 25.3 Å². The molecule has 5 rings (SSSR count). The van der Waals surface area contributed by atoms with Gasteiger partial charge in [0, 0.05) is 25.6 Å². The zero-order valence-electron chi connectivity index (χ0n) is 18.7. The van der Waals surface area contributed by atoms with Crippen molar-refractivity contribution in [3.63, 3.8) is 0 Å². The Hall–Kier alpha value is -4.23. The van der Waals surface area contributed by atoms with Crippen LogP contribution in [-0.2, 0) is 25.8 Å². The number of hydrogen-bond acceptors (Lipinski definition) is 7. The molecule has 0 radical (unpaired) electrons. The van der Waals surface area contributed by atoms with E-state index in [9.17, 15) is 26.7 Å². The number of nitrogens with zero attached hydrogens (tertiary/aromatic N) is 8. The Labute approximate surface area is 200 Å². The van der Waals surface area contributed by atoms with E-state index in [1.807, 2.05) is 0 Å². The molecule has 4 heterocycles. The summed E-state index contributed by atoms with van der Waals surface area (Å²) >= 11 is 0. The van der Waals surface area contributed by atoms with Crippen molar-refractivity contribution in [3.8, 4) is 11.5 Å². The van der Waals surface area contributed by atoms with E-state index in [0.717, 1.165) is 10.8 Å². The second kappa shape index (κ2) is 8.77. The van der Waals surface area contributed by atoms with Gasteiger partial charge in [0.05, 0.1) is 19.3 Å². The van der Waals surface area contributed by atoms with E-state index < -0.39 is 23.6 Å². The zero-order chi connectivity index (χ0) is 25.6. The highest BCUT2D eigenvalue weighted by atomic mass is 19.4. The Morgan fingerprint density at radius 3 is 2.58 bits per heavy atom. The molecule has 0 saturated carbocycles. The number of rotatable bonds is 5. The van der Waals surface area contributed by atoms with Gasteiger partial charge in [-0.2, -0.15) is 18.3 Å². The minimum absolute atomic E-state index is 0.01000. The SMILES string of the molecule is CC(=O)c1cc(-c2ncc(F)c(N3CCn4c(nnc4C(F)(F)F)C3)n2)nn1Cc1ccccc1F. The first-order valence-electron chi connectivity index (χ1n) is 10.7. The lowest BCUT2D eigenvalue weighted by Crippen LogP contribution is -2.36. The molecule has 1 aliphatic rings. The van der Waals surface area contributed by atoms with E-state index in [-0.39, 0.29) is 60.8 Å². The summed E-state index contributed by atoms with van der Waals surface area (Å²) in [5, 5.41) is 11.1. The summed E-state index contributed by atoms with van der Waals surface area (Å²) in [6.45, 7) is 1.04. The van der Waals surface area contributed by atoms with Gasteiger partial charge >= 0.3 is 6.18 Å². The summed E-state index contributed by atoms with van der Waals surface area (Å²) in [6, 6.07) is 7.47. The number of fused-ring (bicyclic) bond motifs is 1. The van der Waals surface area contributed by atoms with Gasteiger partial charge < -0.3 is 9.47 Å². The first kappa shape index (κ1) is 23.5. The van der Waals surface area contributed by atoms with Gasteiger partial charge in [0.2, 0.25) is 5.82 Å². The number of hydrogen-bond donors (Lipinski definition) is 0. The Morgan fingerprint density at radius 2 is 1.86 bits per heavy atom. The van der Waals surface area contributed by atoms with Gasteiger partial charge in [-0.3, -0.25) is 9.48 Å². The van der Waals surface area contributed by atoms with Gasteiger partial charge in [-0.25, -0.2) is 18.7 Å². The topological polar surface area (TPSA) is 94.6 Å². The largest absolute Gasteiger partial charge is 0.451 e.